The van der Waals surface area contributed by atoms with Crippen LogP contribution in [0.4, 0.5) is 0 Å². The van der Waals surface area contributed by atoms with E-state index in [1.165, 1.54) is 65.5 Å². The van der Waals surface area contributed by atoms with Crippen LogP contribution in [-0.2, 0) is 19.3 Å². The Bertz CT molecular complexity index is 644. The molecule has 0 aromatic heterocycles. The molecule has 3 aromatic rings. The molecule has 0 heterocycles. The van der Waals surface area contributed by atoms with Gasteiger partial charge in [-0.05, 0) is 60.3 Å². The largest absolute Gasteiger partial charge is 0.0622 e. The summed E-state index contributed by atoms with van der Waals surface area (Å²) in [6, 6.07) is 33.0. The third kappa shape index (κ3) is 6.00. The fourth-order valence-electron chi connectivity index (χ4n) is 3.65. The fraction of sp³-hybridized carbons (Fsp3) is 0.280. The summed E-state index contributed by atoms with van der Waals surface area (Å²) >= 11 is 0. The molecule has 1 heteroatoms. The lowest BCUT2D eigenvalue weighted by Crippen LogP contribution is -2.17. The van der Waals surface area contributed by atoms with Crippen molar-refractivity contribution in [1.82, 2.24) is 0 Å². The van der Waals surface area contributed by atoms with Gasteiger partial charge >= 0.3 is 0 Å². The number of hydrogen-bond donors (Lipinski definition) is 0. The Morgan fingerprint density at radius 1 is 0.462 bits per heavy atom. The van der Waals surface area contributed by atoms with Gasteiger partial charge in [0.2, 0.25) is 0 Å². The van der Waals surface area contributed by atoms with Gasteiger partial charge in [-0.1, -0.05) is 91.0 Å². The quantitative estimate of drug-likeness (QED) is 0.449. The summed E-state index contributed by atoms with van der Waals surface area (Å²) < 4.78 is 0. The molecule has 0 bridgehead atoms. The van der Waals surface area contributed by atoms with Crippen molar-refractivity contribution < 1.29 is 0 Å². The minimum absolute atomic E-state index is 0.502. The lowest BCUT2D eigenvalue weighted by molar-refractivity contribution is 0.444. The number of rotatable bonds is 9. The Morgan fingerprint density at radius 2 is 0.731 bits per heavy atom. The van der Waals surface area contributed by atoms with Crippen LogP contribution >= 0.6 is 0 Å². The molecule has 0 nitrogen and oxygen atoms in total. The molecule has 134 valence electrons. The highest BCUT2D eigenvalue weighted by Gasteiger charge is 2.23. The van der Waals surface area contributed by atoms with Gasteiger partial charge in [0.25, 0.3) is 0 Å². The topological polar surface area (TPSA) is 0 Å². The molecule has 0 N–H and O–H groups in total. The SMILES string of the molecule is [SiH3]C(CCc1ccccc1)(CCc1ccccc1)CCc1ccccc1. The van der Waals surface area contributed by atoms with Crippen molar-refractivity contribution in [1.29, 1.82) is 0 Å². The zero-order valence-corrected chi connectivity index (χ0v) is 17.9. The van der Waals surface area contributed by atoms with Crippen molar-refractivity contribution in [2.75, 3.05) is 0 Å². The molecule has 0 atom stereocenters. The van der Waals surface area contributed by atoms with Gasteiger partial charge in [0.15, 0.2) is 0 Å². The lowest BCUT2D eigenvalue weighted by Gasteiger charge is -2.30. The van der Waals surface area contributed by atoms with Crippen molar-refractivity contribution in [3.8, 4) is 0 Å². The maximum Gasteiger partial charge on any atom is 0.0107 e. The second-order valence-electron chi connectivity index (χ2n) is 7.77. The molecule has 0 unspecified atom stereocenters. The van der Waals surface area contributed by atoms with Crippen LogP contribution in [0, 0.1) is 0 Å². The summed E-state index contributed by atoms with van der Waals surface area (Å²) in [4.78, 5) is 0. The molecule has 0 aliphatic rings. The normalized spacial score (nSPS) is 11.5. The van der Waals surface area contributed by atoms with Gasteiger partial charge in [-0.2, -0.15) is 0 Å². The second-order valence-corrected chi connectivity index (χ2v) is 9.89. The molecule has 0 fully saturated rings. The van der Waals surface area contributed by atoms with Crippen molar-refractivity contribution in [3.63, 3.8) is 0 Å². The minimum atomic E-state index is 0.502. The zero-order chi connectivity index (χ0) is 18.1. The molecule has 0 amide bonds. The first kappa shape index (κ1) is 18.7. The highest BCUT2D eigenvalue weighted by atomic mass is 28.1. The Morgan fingerprint density at radius 3 is 1.00 bits per heavy atom. The molecular weight excluding hydrogens is 328 g/mol. The van der Waals surface area contributed by atoms with Crippen molar-refractivity contribution in [3.05, 3.63) is 108 Å². The Hall–Kier alpha value is -2.12. The third-order valence-corrected chi connectivity index (χ3v) is 7.08. The van der Waals surface area contributed by atoms with E-state index in [4.69, 9.17) is 0 Å². The van der Waals surface area contributed by atoms with Crippen LogP contribution in [-0.4, -0.2) is 10.2 Å². The smallest absolute Gasteiger partial charge is 0.0107 e. The molecule has 0 spiro atoms. The molecule has 26 heavy (non-hydrogen) atoms. The maximum atomic E-state index is 2.27. The maximum absolute atomic E-state index is 2.27. The summed E-state index contributed by atoms with van der Waals surface area (Å²) in [6.45, 7) is 0. The van der Waals surface area contributed by atoms with Gasteiger partial charge in [0.05, 0.1) is 0 Å². The second kappa shape index (κ2) is 9.54. The molecule has 0 aliphatic carbocycles. The first-order chi connectivity index (χ1) is 12.7. The van der Waals surface area contributed by atoms with Crippen LogP contribution in [0.3, 0.4) is 0 Å². The first-order valence-corrected chi connectivity index (χ1v) is 10.9. The van der Waals surface area contributed by atoms with Crippen LogP contribution < -0.4 is 0 Å². The molecular formula is C25H30Si. The summed E-state index contributed by atoms with van der Waals surface area (Å²) in [5.74, 6) is 0. The molecule has 3 aromatic carbocycles. The first-order valence-electron chi connectivity index (χ1n) is 9.85. The summed E-state index contributed by atoms with van der Waals surface area (Å²) in [5, 5.41) is 0.502. The van der Waals surface area contributed by atoms with E-state index >= 15 is 0 Å². The van der Waals surface area contributed by atoms with Crippen LogP contribution in [0.25, 0.3) is 0 Å². The predicted octanol–water partition coefficient (Wildman–Crippen LogP) is 5.41. The van der Waals surface area contributed by atoms with E-state index in [1.807, 2.05) is 0 Å². The molecule has 0 radical (unpaired) electrons. The van der Waals surface area contributed by atoms with E-state index in [-0.39, 0.29) is 0 Å². The van der Waals surface area contributed by atoms with E-state index in [0.717, 1.165) is 0 Å². The van der Waals surface area contributed by atoms with Crippen molar-refractivity contribution in [2.45, 2.75) is 43.6 Å². The van der Waals surface area contributed by atoms with E-state index in [0.29, 0.717) is 5.04 Å². The van der Waals surface area contributed by atoms with E-state index in [1.54, 1.807) is 0 Å². The zero-order valence-electron chi connectivity index (χ0n) is 15.9. The average Bonchev–Trinajstić information content (AvgIpc) is 2.72. The Labute approximate surface area is 161 Å². The minimum Gasteiger partial charge on any atom is -0.0622 e. The standard InChI is InChI=1S/C25H30Si/c26-25(19-16-22-10-4-1-5-11-22,20-17-23-12-6-2-7-13-23)21-18-24-14-8-3-9-15-24/h1-15H,16-21H2,26H3. The van der Waals surface area contributed by atoms with Crippen LogP contribution in [0.2, 0.25) is 5.04 Å². The summed E-state index contributed by atoms with van der Waals surface area (Å²) in [6.07, 6.45) is 7.53. The van der Waals surface area contributed by atoms with E-state index < -0.39 is 0 Å². The van der Waals surface area contributed by atoms with Gasteiger partial charge < -0.3 is 0 Å². The van der Waals surface area contributed by atoms with Gasteiger partial charge in [-0.3, -0.25) is 0 Å². The highest BCUT2D eigenvalue weighted by molar-refractivity contribution is 6.15. The Kier molecular flexibility index (Phi) is 6.85. The summed E-state index contributed by atoms with van der Waals surface area (Å²) in [7, 11) is 1.25. The van der Waals surface area contributed by atoms with E-state index in [2.05, 4.69) is 91.0 Å². The molecule has 0 aliphatic heterocycles. The molecule has 0 saturated heterocycles. The monoisotopic (exact) mass is 358 g/mol. The highest BCUT2D eigenvalue weighted by Crippen LogP contribution is 2.39. The van der Waals surface area contributed by atoms with Crippen molar-refractivity contribution in [2.24, 2.45) is 0 Å². The van der Waals surface area contributed by atoms with Crippen LogP contribution in [0.5, 0.6) is 0 Å². The molecule has 3 rings (SSSR count). The van der Waals surface area contributed by atoms with Crippen molar-refractivity contribution >= 4 is 10.2 Å². The van der Waals surface area contributed by atoms with E-state index in [9.17, 15) is 0 Å². The third-order valence-electron chi connectivity index (χ3n) is 5.58. The summed E-state index contributed by atoms with van der Waals surface area (Å²) in [5.41, 5.74) is 4.44. The number of benzene rings is 3. The number of hydrogen-bond acceptors (Lipinski definition) is 0. The van der Waals surface area contributed by atoms with Gasteiger partial charge in [0, 0.05) is 10.2 Å². The predicted molar refractivity (Wildman–Crippen MR) is 117 cm³/mol. The van der Waals surface area contributed by atoms with Gasteiger partial charge in [-0.25, -0.2) is 0 Å². The number of aryl methyl sites for hydroxylation is 3. The van der Waals surface area contributed by atoms with Crippen LogP contribution in [0.15, 0.2) is 91.0 Å². The lowest BCUT2D eigenvalue weighted by atomic mass is 9.87. The fourth-order valence-corrected chi connectivity index (χ4v) is 4.40. The average molecular weight is 359 g/mol. The molecule has 0 saturated carbocycles. The van der Waals surface area contributed by atoms with Gasteiger partial charge in [0.1, 0.15) is 0 Å². The van der Waals surface area contributed by atoms with Gasteiger partial charge in [-0.15, -0.1) is 0 Å². The van der Waals surface area contributed by atoms with Crippen LogP contribution in [0.1, 0.15) is 36.0 Å². The Balaban J connectivity index is 1.64.